The summed E-state index contributed by atoms with van der Waals surface area (Å²) < 4.78 is 0. The average molecular weight is 273 g/mol. The second-order valence-electron chi connectivity index (χ2n) is 7.71. The summed E-state index contributed by atoms with van der Waals surface area (Å²) in [5, 5.41) is 3.82. The Bertz CT molecular complexity index is 471. The molecule has 1 fully saturated rings. The minimum atomic E-state index is 0.412. The standard InChI is InChI=1S/C19H31N/c1-8-11-20-16(17-18(4,5)19(17,6)7)15-10-9-13(2)12-14(15)3/h9-10,12,16-17,20H,8,11H2,1-7H3. The molecule has 1 atom stereocenters. The number of benzene rings is 1. The van der Waals surface area contributed by atoms with Crippen LogP contribution in [0.3, 0.4) is 0 Å². The zero-order chi connectivity index (χ0) is 15.1. The fourth-order valence-corrected chi connectivity index (χ4v) is 3.96. The van der Waals surface area contributed by atoms with Crippen LogP contribution in [0, 0.1) is 30.6 Å². The van der Waals surface area contributed by atoms with Gasteiger partial charge in [0.25, 0.3) is 0 Å². The lowest BCUT2D eigenvalue weighted by atomic mass is 9.92. The molecule has 0 radical (unpaired) electrons. The van der Waals surface area contributed by atoms with E-state index in [4.69, 9.17) is 0 Å². The highest BCUT2D eigenvalue weighted by molar-refractivity contribution is 5.36. The van der Waals surface area contributed by atoms with Gasteiger partial charge in [-0.25, -0.2) is 0 Å². The van der Waals surface area contributed by atoms with Crippen molar-refractivity contribution in [2.45, 2.75) is 60.9 Å². The zero-order valence-corrected chi connectivity index (χ0v) is 14.3. The Hall–Kier alpha value is -0.820. The highest BCUT2D eigenvalue weighted by atomic mass is 15.0. The number of rotatable bonds is 5. The molecular weight excluding hydrogens is 242 g/mol. The van der Waals surface area contributed by atoms with E-state index in [1.807, 2.05) is 0 Å². The molecule has 0 bridgehead atoms. The third kappa shape index (κ3) is 2.41. The highest BCUT2D eigenvalue weighted by Gasteiger charge is 2.67. The second-order valence-corrected chi connectivity index (χ2v) is 7.71. The molecule has 1 aromatic carbocycles. The predicted octanol–water partition coefficient (Wildman–Crippen LogP) is 5.03. The van der Waals surface area contributed by atoms with Crippen LogP contribution < -0.4 is 5.32 Å². The number of hydrogen-bond donors (Lipinski definition) is 1. The monoisotopic (exact) mass is 273 g/mol. The summed E-state index contributed by atoms with van der Waals surface area (Å²) >= 11 is 0. The van der Waals surface area contributed by atoms with Crippen molar-refractivity contribution in [3.05, 3.63) is 34.9 Å². The Kier molecular flexibility index (Phi) is 4.03. The van der Waals surface area contributed by atoms with Crippen molar-refractivity contribution in [1.82, 2.24) is 5.32 Å². The zero-order valence-electron chi connectivity index (χ0n) is 14.3. The summed E-state index contributed by atoms with van der Waals surface area (Å²) in [6, 6.07) is 7.40. The van der Waals surface area contributed by atoms with Crippen LogP contribution in [-0.4, -0.2) is 6.54 Å². The molecule has 1 N–H and O–H groups in total. The molecule has 0 heterocycles. The van der Waals surface area contributed by atoms with E-state index in [0.29, 0.717) is 22.8 Å². The van der Waals surface area contributed by atoms with Crippen LogP contribution in [-0.2, 0) is 0 Å². The van der Waals surface area contributed by atoms with Gasteiger partial charge in [0, 0.05) is 6.04 Å². The van der Waals surface area contributed by atoms with Crippen molar-refractivity contribution >= 4 is 0 Å². The summed E-state index contributed by atoms with van der Waals surface area (Å²) in [6.45, 7) is 17.4. The van der Waals surface area contributed by atoms with Crippen molar-refractivity contribution in [2.75, 3.05) is 6.54 Å². The maximum atomic E-state index is 3.82. The SMILES string of the molecule is CCCNC(c1ccc(C)cc1C)C1C(C)(C)C1(C)C. The van der Waals surface area contributed by atoms with Crippen molar-refractivity contribution in [3.8, 4) is 0 Å². The molecule has 1 aliphatic rings. The van der Waals surface area contributed by atoms with Crippen LogP contribution in [0.2, 0.25) is 0 Å². The van der Waals surface area contributed by atoms with E-state index >= 15 is 0 Å². The Morgan fingerprint density at radius 2 is 1.70 bits per heavy atom. The van der Waals surface area contributed by atoms with Crippen LogP contribution in [0.4, 0.5) is 0 Å². The van der Waals surface area contributed by atoms with Gasteiger partial charge in [0.15, 0.2) is 0 Å². The quantitative estimate of drug-likeness (QED) is 0.793. The fraction of sp³-hybridized carbons (Fsp3) is 0.684. The van der Waals surface area contributed by atoms with Crippen molar-refractivity contribution in [1.29, 1.82) is 0 Å². The van der Waals surface area contributed by atoms with Gasteiger partial charge in [-0.3, -0.25) is 0 Å². The van der Waals surface area contributed by atoms with Gasteiger partial charge in [-0.1, -0.05) is 58.4 Å². The molecule has 2 rings (SSSR count). The molecule has 20 heavy (non-hydrogen) atoms. The second kappa shape index (κ2) is 5.18. The predicted molar refractivity (Wildman–Crippen MR) is 88.0 cm³/mol. The molecule has 0 spiro atoms. The summed E-state index contributed by atoms with van der Waals surface area (Å²) in [5.41, 5.74) is 5.10. The first-order valence-corrected chi connectivity index (χ1v) is 8.04. The maximum absolute atomic E-state index is 3.82. The van der Waals surface area contributed by atoms with Crippen molar-refractivity contribution < 1.29 is 0 Å². The van der Waals surface area contributed by atoms with Gasteiger partial charge in [-0.05, 0) is 54.7 Å². The van der Waals surface area contributed by atoms with E-state index in [1.54, 1.807) is 0 Å². The van der Waals surface area contributed by atoms with Gasteiger partial charge >= 0.3 is 0 Å². The maximum Gasteiger partial charge on any atom is 0.0361 e. The van der Waals surface area contributed by atoms with E-state index in [9.17, 15) is 0 Å². The first-order chi connectivity index (χ1) is 9.23. The molecule has 1 aromatic rings. The molecule has 0 aliphatic heterocycles. The fourth-order valence-electron chi connectivity index (χ4n) is 3.96. The van der Waals surface area contributed by atoms with Gasteiger partial charge in [-0.15, -0.1) is 0 Å². The smallest absolute Gasteiger partial charge is 0.0361 e. The Morgan fingerprint density at radius 3 is 2.15 bits per heavy atom. The lowest BCUT2D eigenvalue weighted by Crippen LogP contribution is -2.27. The average Bonchev–Trinajstić information content (AvgIpc) is 2.73. The van der Waals surface area contributed by atoms with E-state index in [0.717, 1.165) is 6.54 Å². The molecule has 112 valence electrons. The third-order valence-electron chi connectivity index (χ3n) is 5.84. The van der Waals surface area contributed by atoms with Gasteiger partial charge in [0.05, 0.1) is 0 Å². The topological polar surface area (TPSA) is 12.0 Å². The van der Waals surface area contributed by atoms with Crippen molar-refractivity contribution in [2.24, 2.45) is 16.7 Å². The third-order valence-corrected chi connectivity index (χ3v) is 5.84. The lowest BCUT2D eigenvalue weighted by molar-refractivity contribution is 0.408. The van der Waals surface area contributed by atoms with E-state index in [2.05, 4.69) is 72.0 Å². The van der Waals surface area contributed by atoms with Gasteiger partial charge in [-0.2, -0.15) is 0 Å². The Labute approximate surface area is 125 Å². The van der Waals surface area contributed by atoms with Crippen LogP contribution in [0.15, 0.2) is 18.2 Å². The summed E-state index contributed by atoms with van der Waals surface area (Å²) in [6.07, 6.45) is 1.19. The molecule has 0 saturated heterocycles. The van der Waals surface area contributed by atoms with E-state index < -0.39 is 0 Å². The molecule has 0 aromatic heterocycles. The molecule has 1 saturated carbocycles. The largest absolute Gasteiger partial charge is 0.310 e. The Balaban J connectivity index is 2.34. The first-order valence-electron chi connectivity index (χ1n) is 8.04. The summed E-state index contributed by atoms with van der Waals surface area (Å²) in [5.74, 6) is 0.711. The minimum Gasteiger partial charge on any atom is -0.310 e. The highest BCUT2D eigenvalue weighted by Crippen LogP contribution is 2.72. The molecular formula is C19H31N. The van der Waals surface area contributed by atoms with Crippen LogP contribution in [0.25, 0.3) is 0 Å². The normalized spacial score (nSPS) is 21.8. The Morgan fingerprint density at radius 1 is 1.10 bits per heavy atom. The number of aryl methyl sites for hydroxylation is 2. The van der Waals surface area contributed by atoms with Crippen LogP contribution in [0.1, 0.15) is 63.8 Å². The van der Waals surface area contributed by atoms with Crippen LogP contribution in [0.5, 0.6) is 0 Å². The summed E-state index contributed by atoms with van der Waals surface area (Å²) in [4.78, 5) is 0. The lowest BCUT2D eigenvalue weighted by Gasteiger charge is -2.23. The molecule has 1 aliphatic carbocycles. The van der Waals surface area contributed by atoms with Crippen molar-refractivity contribution in [3.63, 3.8) is 0 Å². The number of nitrogens with one attached hydrogen (secondary N) is 1. The molecule has 1 nitrogen and oxygen atoms in total. The molecule has 0 amide bonds. The first kappa shape index (κ1) is 15.6. The van der Waals surface area contributed by atoms with E-state index in [1.165, 1.54) is 23.1 Å². The minimum absolute atomic E-state index is 0.412. The molecule has 1 unspecified atom stereocenters. The van der Waals surface area contributed by atoms with Gasteiger partial charge in [0.1, 0.15) is 0 Å². The van der Waals surface area contributed by atoms with Gasteiger partial charge in [0.2, 0.25) is 0 Å². The number of hydrogen-bond acceptors (Lipinski definition) is 1. The molecule has 1 heteroatoms. The van der Waals surface area contributed by atoms with Gasteiger partial charge < -0.3 is 5.32 Å². The van der Waals surface area contributed by atoms with E-state index in [-0.39, 0.29) is 0 Å². The summed E-state index contributed by atoms with van der Waals surface area (Å²) in [7, 11) is 0. The van der Waals surface area contributed by atoms with Crippen LogP contribution >= 0.6 is 0 Å².